The monoisotopic (exact) mass is 293 g/mol. The summed E-state index contributed by atoms with van der Waals surface area (Å²) in [5.74, 6) is -0.558. The van der Waals surface area contributed by atoms with Crippen molar-refractivity contribution >= 4 is 11.7 Å². The van der Waals surface area contributed by atoms with Crippen molar-refractivity contribution in [2.24, 2.45) is 0 Å². The Balaban J connectivity index is 2.11. The molecule has 0 radical (unpaired) electrons. The Hall–Kier alpha value is -3.03. The predicted octanol–water partition coefficient (Wildman–Crippen LogP) is 2.47. The van der Waals surface area contributed by atoms with Crippen molar-refractivity contribution in [1.82, 2.24) is 0 Å². The fourth-order valence-corrected chi connectivity index (χ4v) is 1.61. The van der Waals surface area contributed by atoms with Gasteiger partial charge in [-0.15, -0.1) is 0 Å². The van der Waals surface area contributed by atoms with E-state index in [9.17, 15) is 14.9 Å². The molecule has 1 aromatic carbocycles. The van der Waals surface area contributed by atoms with Crippen molar-refractivity contribution in [3.63, 3.8) is 0 Å². The van der Waals surface area contributed by atoms with E-state index in [1.807, 2.05) is 0 Å². The van der Waals surface area contributed by atoms with Crippen molar-refractivity contribution in [2.75, 3.05) is 7.11 Å². The highest BCUT2D eigenvalue weighted by atomic mass is 16.6. The van der Waals surface area contributed by atoms with Crippen molar-refractivity contribution in [1.29, 1.82) is 0 Å². The fraction of sp³-hybridized carbons (Fsp3) is 0.154. The van der Waals surface area contributed by atoms with Crippen LogP contribution in [0.2, 0.25) is 0 Å². The molecule has 110 valence electrons. The first kappa shape index (κ1) is 14.4. The Labute approximate surface area is 118 Å². The standard InChI is InChI=1S/C13H11NO7/c1-19-12-6-8(14(17)18)2-4-10(12)20-7-9-3-5-11(21-9)13(15)16/h2-6H,7H2,1H3,(H,15,16). The minimum atomic E-state index is -1.17. The van der Waals surface area contributed by atoms with Crippen molar-refractivity contribution in [3.05, 3.63) is 52.0 Å². The molecule has 8 nitrogen and oxygen atoms in total. The van der Waals surface area contributed by atoms with Crippen LogP contribution in [-0.4, -0.2) is 23.1 Å². The average molecular weight is 293 g/mol. The highest BCUT2D eigenvalue weighted by Crippen LogP contribution is 2.31. The molecule has 0 spiro atoms. The Morgan fingerprint density at radius 1 is 1.33 bits per heavy atom. The Bertz CT molecular complexity index is 677. The van der Waals surface area contributed by atoms with Gasteiger partial charge in [-0.2, -0.15) is 0 Å². The normalized spacial score (nSPS) is 10.1. The van der Waals surface area contributed by atoms with E-state index in [1.54, 1.807) is 0 Å². The van der Waals surface area contributed by atoms with Crippen molar-refractivity contribution in [3.8, 4) is 11.5 Å². The number of nitro groups is 1. The fourth-order valence-electron chi connectivity index (χ4n) is 1.61. The second-order valence-corrected chi connectivity index (χ2v) is 3.95. The summed E-state index contributed by atoms with van der Waals surface area (Å²) in [5, 5.41) is 19.4. The van der Waals surface area contributed by atoms with Gasteiger partial charge in [-0.05, 0) is 18.2 Å². The minimum absolute atomic E-state index is 0.0263. The number of non-ortho nitro benzene ring substituents is 1. The average Bonchev–Trinajstić information content (AvgIpc) is 2.93. The van der Waals surface area contributed by atoms with E-state index >= 15 is 0 Å². The van der Waals surface area contributed by atoms with Crippen LogP contribution in [0.1, 0.15) is 16.3 Å². The molecule has 2 rings (SSSR count). The van der Waals surface area contributed by atoms with E-state index in [0.29, 0.717) is 5.76 Å². The van der Waals surface area contributed by atoms with E-state index < -0.39 is 10.9 Å². The first-order valence-corrected chi connectivity index (χ1v) is 5.78. The van der Waals surface area contributed by atoms with E-state index in [4.69, 9.17) is 19.0 Å². The molecule has 1 heterocycles. The maximum atomic E-state index is 10.7. The number of benzene rings is 1. The van der Waals surface area contributed by atoms with Gasteiger partial charge in [-0.1, -0.05) is 0 Å². The van der Waals surface area contributed by atoms with Gasteiger partial charge in [-0.25, -0.2) is 4.79 Å². The molecule has 0 fully saturated rings. The van der Waals surface area contributed by atoms with Gasteiger partial charge in [0.05, 0.1) is 18.1 Å². The topological polar surface area (TPSA) is 112 Å². The highest BCUT2D eigenvalue weighted by Gasteiger charge is 2.14. The Morgan fingerprint density at radius 2 is 2.10 bits per heavy atom. The molecule has 1 N–H and O–H groups in total. The molecule has 0 aliphatic carbocycles. The van der Waals surface area contributed by atoms with Crippen LogP contribution in [0, 0.1) is 10.1 Å². The molecular weight excluding hydrogens is 282 g/mol. The lowest BCUT2D eigenvalue weighted by molar-refractivity contribution is -0.385. The van der Waals surface area contributed by atoms with Gasteiger partial charge in [0, 0.05) is 6.07 Å². The number of nitro benzene ring substituents is 1. The summed E-state index contributed by atoms with van der Waals surface area (Å²) in [6.45, 7) is -0.0263. The maximum absolute atomic E-state index is 10.7. The molecule has 2 aromatic rings. The lowest BCUT2D eigenvalue weighted by Crippen LogP contribution is -1.98. The number of carboxylic acids is 1. The maximum Gasteiger partial charge on any atom is 0.371 e. The van der Waals surface area contributed by atoms with Gasteiger partial charge in [0.15, 0.2) is 11.5 Å². The molecule has 0 amide bonds. The molecule has 8 heteroatoms. The summed E-state index contributed by atoms with van der Waals surface area (Å²) in [5.41, 5.74) is -0.120. The first-order chi connectivity index (χ1) is 10.0. The third-order valence-electron chi connectivity index (χ3n) is 2.60. The molecule has 0 aliphatic rings. The van der Waals surface area contributed by atoms with Crippen LogP contribution in [0.4, 0.5) is 5.69 Å². The van der Waals surface area contributed by atoms with Crippen LogP contribution in [0.3, 0.4) is 0 Å². The van der Waals surface area contributed by atoms with Crippen LogP contribution in [0.25, 0.3) is 0 Å². The quantitative estimate of drug-likeness (QED) is 0.643. The van der Waals surface area contributed by atoms with E-state index in [2.05, 4.69) is 0 Å². The van der Waals surface area contributed by atoms with Crippen LogP contribution < -0.4 is 9.47 Å². The highest BCUT2D eigenvalue weighted by molar-refractivity contribution is 5.84. The van der Waals surface area contributed by atoms with Crippen molar-refractivity contribution in [2.45, 2.75) is 6.61 Å². The number of carbonyl (C=O) groups is 1. The first-order valence-electron chi connectivity index (χ1n) is 5.78. The van der Waals surface area contributed by atoms with E-state index in [0.717, 1.165) is 0 Å². The van der Waals surface area contributed by atoms with Gasteiger partial charge in [0.2, 0.25) is 5.76 Å². The number of methoxy groups -OCH3 is 1. The van der Waals surface area contributed by atoms with Gasteiger partial charge in [0.1, 0.15) is 12.4 Å². The molecular formula is C13H11NO7. The van der Waals surface area contributed by atoms with Crippen LogP contribution >= 0.6 is 0 Å². The summed E-state index contributed by atoms with van der Waals surface area (Å²) in [7, 11) is 1.36. The third-order valence-corrected chi connectivity index (χ3v) is 2.60. The number of carboxylic acid groups (broad SMARTS) is 1. The summed E-state index contributed by atoms with van der Waals surface area (Å²) in [4.78, 5) is 20.8. The summed E-state index contributed by atoms with van der Waals surface area (Å²) in [6, 6.07) is 6.70. The zero-order chi connectivity index (χ0) is 15.4. The van der Waals surface area contributed by atoms with Crippen LogP contribution in [0.15, 0.2) is 34.7 Å². The molecule has 0 saturated heterocycles. The lowest BCUT2D eigenvalue weighted by Gasteiger charge is -2.09. The molecule has 0 unspecified atom stereocenters. The van der Waals surface area contributed by atoms with Crippen LogP contribution in [-0.2, 0) is 6.61 Å². The van der Waals surface area contributed by atoms with Gasteiger partial charge >= 0.3 is 5.97 Å². The van der Waals surface area contributed by atoms with Gasteiger partial charge < -0.3 is 19.0 Å². The molecule has 0 saturated carbocycles. The second-order valence-electron chi connectivity index (χ2n) is 3.95. The smallest absolute Gasteiger partial charge is 0.371 e. The molecule has 0 bridgehead atoms. The number of rotatable bonds is 6. The zero-order valence-electron chi connectivity index (χ0n) is 10.9. The minimum Gasteiger partial charge on any atom is -0.493 e. The predicted molar refractivity (Wildman–Crippen MR) is 69.6 cm³/mol. The summed E-state index contributed by atoms with van der Waals surface area (Å²) in [6.07, 6.45) is 0. The van der Waals surface area contributed by atoms with Gasteiger partial charge in [-0.3, -0.25) is 10.1 Å². The summed E-state index contributed by atoms with van der Waals surface area (Å²) < 4.78 is 15.5. The SMILES string of the molecule is COc1cc([N+](=O)[O-])ccc1OCc1ccc(C(=O)O)o1. The van der Waals surface area contributed by atoms with Crippen molar-refractivity contribution < 1.29 is 28.7 Å². The van der Waals surface area contributed by atoms with E-state index in [-0.39, 0.29) is 29.6 Å². The number of aromatic carboxylic acids is 1. The zero-order valence-corrected chi connectivity index (χ0v) is 10.9. The van der Waals surface area contributed by atoms with E-state index in [1.165, 1.54) is 37.4 Å². The third kappa shape index (κ3) is 3.30. The number of hydrogen-bond donors (Lipinski definition) is 1. The summed E-state index contributed by atoms with van der Waals surface area (Å²) >= 11 is 0. The number of nitrogens with zero attached hydrogens (tertiary/aromatic N) is 1. The molecule has 0 aliphatic heterocycles. The van der Waals surface area contributed by atoms with Crippen LogP contribution in [0.5, 0.6) is 11.5 Å². The lowest BCUT2D eigenvalue weighted by atomic mass is 10.3. The number of furan rings is 1. The largest absolute Gasteiger partial charge is 0.493 e. The molecule has 21 heavy (non-hydrogen) atoms. The Morgan fingerprint density at radius 3 is 2.67 bits per heavy atom. The number of hydrogen-bond acceptors (Lipinski definition) is 6. The number of ether oxygens (including phenoxy) is 2. The second kappa shape index (κ2) is 5.95. The molecule has 1 aromatic heterocycles. The molecule has 0 atom stereocenters. The van der Waals surface area contributed by atoms with Gasteiger partial charge in [0.25, 0.3) is 5.69 Å². The Kier molecular flexibility index (Phi) is 4.07.